The average molecular weight is 447 g/mol. The molecule has 2 aromatic rings. The maximum absolute atomic E-state index is 10.9. The van der Waals surface area contributed by atoms with Crippen molar-refractivity contribution in [1.29, 1.82) is 0 Å². The quantitative estimate of drug-likeness (QED) is 0.542. The first-order valence-corrected chi connectivity index (χ1v) is 11.7. The topological polar surface area (TPSA) is 138 Å². The van der Waals surface area contributed by atoms with Crippen LogP contribution in [0.3, 0.4) is 0 Å². The Labute approximate surface area is 180 Å². The van der Waals surface area contributed by atoms with E-state index in [1.54, 1.807) is 18.4 Å². The summed E-state index contributed by atoms with van der Waals surface area (Å²) in [7, 11) is -4.59. The van der Waals surface area contributed by atoms with E-state index in [0.717, 1.165) is 30.2 Å². The molecule has 0 aliphatic carbocycles. The lowest BCUT2D eigenvalue weighted by Crippen LogP contribution is -2.41. The molecule has 1 atom stereocenters. The Morgan fingerprint density at radius 1 is 1.26 bits per heavy atom. The summed E-state index contributed by atoms with van der Waals surface area (Å²) < 4.78 is 21.0. The van der Waals surface area contributed by atoms with E-state index in [1.165, 1.54) is 24.2 Å². The molecule has 4 N–H and O–H groups in total. The largest absolute Gasteiger partial charge is 0.471 e. The van der Waals surface area contributed by atoms with Gasteiger partial charge >= 0.3 is 7.82 Å². The summed E-state index contributed by atoms with van der Waals surface area (Å²) in [6.07, 6.45) is 10.5. The second-order valence-electron chi connectivity index (χ2n) is 7.60. The highest BCUT2D eigenvalue weighted by atomic mass is 31.2. The number of rotatable bonds is 7. The fourth-order valence-electron chi connectivity index (χ4n) is 3.69. The molecule has 1 saturated heterocycles. The Kier molecular flexibility index (Phi) is 6.54. The molecule has 2 aliphatic heterocycles. The lowest BCUT2D eigenvalue weighted by Gasteiger charge is -2.30. The van der Waals surface area contributed by atoms with Gasteiger partial charge in [0.15, 0.2) is 5.76 Å². The number of pyridine rings is 1. The highest BCUT2D eigenvalue weighted by Gasteiger charge is 2.25. The SMILES string of the molecule is NC1C(c2cc(Cc3ccc(N4CCCCC4)nc3)no2)=CC=CN1COP(=O)(O)O. The Morgan fingerprint density at radius 3 is 2.77 bits per heavy atom. The van der Waals surface area contributed by atoms with Crippen molar-refractivity contribution < 1.29 is 23.4 Å². The van der Waals surface area contributed by atoms with Gasteiger partial charge in [0.1, 0.15) is 18.7 Å². The van der Waals surface area contributed by atoms with Gasteiger partial charge in [-0.2, -0.15) is 0 Å². The number of allylic oxidation sites excluding steroid dienone is 2. The summed E-state index contributed by atoms with van der Waals surface area (Å²) in [6.45, 7) is 1.76. The molecule has 0 amide bonds. The van der Waals surface area contributed by atoms with Gasteiger partial charge < -0.3 is 29.8 Å². The molecule has 1 fully saturated rings. The minimum absolute atomic E-state index is 0.352. The standard InChI is InChI=1S/C20H26N5O5P/c21-20-17(5-4-10-25(20)14-29-31(26,27)28)18-12-16(23-30-18)11-15-6-7-19(22-13-15)24-8-2-1-3-9-24/h4-7,10,12-13,20H,1-3,8-9,11,14,21H2,(H2,26,27,28). The molecule has 1 unspecified atom stereocenters. The van der Waals surface area contributed by atoms with Crippen LogP contribution >= 0.6 is 7.82 Å². The van der Waals surface area contributed by atoms with E-state index in [0.29, 0.717) is 17.8 Å². The third-order valence-electron chi connectivity index (χ3n) is 5.32. The van der Waals surface area contributed by atoms with Gasteiger partial charge in [0.25, 0.3) is 0 Å². The normalized spacial score (nSPS) is 19.6. The zero-order chi connectivity index (χ0) is 21.8. The number of phosphoric ester groups is 1. The monoisotopic (exact) mass is 447 g/mol. The summed E-state index contributed by atoms with van der Waals surface area (Å²) in [5.74, 6) is 1.50. The van der Waals surface area contributed by atoms with E-state index in [1.807, 2.05) is 18.3 Å². The third-order valence-corrected chi connectivity index (χ3v) is 5.77. The molecule has 4 heterocycles. The lowest BCUT2D eigenvalue weighted by molar-refractivity contribution is 0.110. The van der Waals surface area contributed by atoms with E-state index in [2.05, 4.69) is 25.6 Å². The molecule has 0 saturated carbocycles. The predicted octanol–water partition coefficient (Wildman–Crippen LogP) is 2.22. The predicted molar refractivity (Wildman–Crippen MR) is 115 cm³/mol. The first kappa shape index (κ1) is 21.7. The summed E-state index contributed by atoms with van der Waals surface area (Å²) in [6, 6.07) is 5.91. The Morgan fingerprint density at radius 2 is 2.06 bits per heavy atom. The van der Waals surface area contributed by atoms with Gasteiger partial charge in [-0.25, -0.2) is 9.55 Å². The van der Waals surface area contributed by atoms with Gasteiger partial charge in [-0.1, -0.05) is 17.3 Å². The van der Waals surface area contributed by atoms with E-state index in [4.69, 9.17) is 20.0 Å². The first-order valence-electron chi connectivity index (χ1n) is 10.1. The molecular weight excluding hydrogens is 421 g/mol. The van der Waals surface area contributed by atoms with Gasteiger partial charge in [0.2, 0.25) is 0 Å². The van der Waals surface area contributed by atoms with Gasteiger partial charge in [-0.3, -0.25) is 4.52 Å². The second-order valence-corrected chi connectivity index (χ2v) is 8.84. The fraction of sp³-hybridized carbons (Fsp3) is 0.400. The van der Waals surface area contributed by atoms with Crippen molar-refractivity contribution in [2.45, 2.75) is 31.8 Å². The average Bonchev–Trinajstić information content (AvgIpc) is 3.22. The molecular formula is C20H26N5O5P. The molecule has 2 aromatic heterocycles. The van der Waals surface area contributed by atoms with E-state index in [-0.39, 0.29) is 6.73 Å². The Balaban J connectivity index is 1.39. The molecule has 0 spiro atoms. The second kappa shape index (κ2) is 9.33. The number of nitrogens with zero attached hydrogens (tertiary/aromatic N) is 4. The molecule has 2 aliphatic rings. The Bertz CT molecular complexity index is 994. The van der Waals surface area contributed by atoms with Crippen LogP contribution in [0.4, 0.5) is 5.82 Å². The molecule has 0 radical (unpaired) electrons. The van der Waals surface area contributed by atoms with E-state index < -0.39 is 14.0 Å². The first-order chi connectivity index (χ1) is 14.9. The van der Waals surface area contributed by atoms with E-state index >= 15 is 0 Å². The third kappa shape index (κ3) is 5.61. The van der Waals surface area contributed by atoms with Gasteiger partial charge in [0, 0.05) is 43.5 Å². The summed E-state index contributed by atoms with van der Waals surface area (Å²) in [5, 5.41) is 4.14. The van der Waals surface area contributed by atoms with Crippen LogP contribution in [0.2, 0.25) is 0 Å². The fourth-order valence-corrected chi connectivity index (χ4v) is 3.98. The number of phosphoric acid groups is 1. The van der Waals surface area contributed by atoms with Gasteiger partial charge in [-0.15, -0.1) is 0 Å². The summed E-state index contributed by atoms with van der Waals surface area (Å²) in [5.41, 5.74) is 8.60. The van der Waals surface area contributed by atoms with Crippen LogP contribution in [0, 0.1) is 0 Å². The smallest absolute Gasteiger partial charge is 0.357 e. The van der Waals surface area contributed by atoms with Crippen molar-refractivity contribution in [2.24, 2.45) is 5.73 Å². The van der Waals surface area contributed by atoms with Crippen LogP contribution in [0.15, 0.2) is 47.3 Å². The maximum atomic E-state index is 10.9. The van der Waals surface area contributed by atoms with Crippen LogP contribution in [-0.4, -0.2) is 50.8 Å². The highest BCUT2D eigenvalue weighted by molar-refractivity contribution is 7.46. The van der Waals surface area contributed by atoms with Crippen LogP contribution in [0.25, 0.3) is 5.57 Å². The van der Waals surface area contributed by atoms with Crippen molar-refractivity contribution >= 4 is 19.2 Å². The lowest BCUT2D eigenvalue weighted by atomic mass is 10.1. The minimum Gasteiger partial charge on any atom is -0.357 e. The number of hydrogen-bond acceptors (Lipinski definition) is 8. The highest BCUT2D eigenvalue weighted by Crippen LogP contribution is 2.36. The van der Waals surface area contributed by atoms with Crippen LogP contribution in [-0.2, 0) is 15.5 Å². The molecule has 10 nitrogen and oxygen atoms in total. The number of piperidine rings is 1. The van der Waals surface area contributed by atoms with Crippen LogP contribution in [0.5, 0.6) is 0 Å². The summed E-state index contributed by atoms with van der Waals surface area (Å²) >= 11 is 0. The molecule has 0 aromatic carbocycles. The number of nitrogens with two attached hydrogens (primary N) is 1. The van der Waals surface area contributed by atoms with Crippen LogP contribution in [0.1, 0.15) is 36.3 Å². The van der Waals surface area contributed by atoms with Gasteiger partial charge in [-0.05, 0) is 37.0 Å². The molecule has 4 rings (SSSR count). The van der Waals surface area contributed by atoms with Crippen molar-refractivity contribution in [1.82, 2.24) is 15.0 Å². The van der Waals surface area contributed by atoms with Crippen LogP contribution < -0.4 is 10.6 Å². The molecule has 0 bridgehead atoms. The summed E-state index contributed by atoms with van der Waals surface area (Å²) in [4.78, 5) is 26.2. The van der Waals surface area contributed by atoms with E-state index in [9.17, 15) is 4.57 Å². The maximum Gasteiger partial charge on any atom is 0.471 e. The molecule has 31 heavy (non-hydrogen) atoms. The molecule has 11 heteroatoms. The number of aromatic nitrogens is 2. The minimum atomic E-state index is -4.59. The zero-order valence-corrected chi connectivity index (χ0v) is 17.9. The van der Waals surface area contributed by atoms with Crippen molar-refractivity contribution in [3.8, 4) is 0 Å². The van der Waals surface area contributed by atoms with Crippen molar-refractivity contribution in [3.05, 3.63) is 59.8 Å². The van der Waals surface area contributed by atoms with Crippen molar-refractivity contribution in [3.63, 3.8) is 0 Å². The number of anilines is 1. The molecule has 166 valence electrons. The van der Waals surface area contributed by atoms with Crippen molar-refractivity contribution in [2.75, 3.05) is 24.7 Å². The van der Waals surface area contributed by atoms with Gasteiger partial charge in [0.05, 0.1) is 5.69 Å². The Hall–Kier alpha value is -2.49. The zero-order valence-electron chi connectivity index (χ0n) is 17.0. The number of hydrogen-bond donors (Lipinski definition) is 3.